The van der Waals surface area contributed by atoms with Gasteiger partial charge in [0.15, 0.2) is 5.82 Å². The zero-order valence-electron chi connectivity index (χ0n) is 23.7. The Morgan fingerprint density at radius 2 is 1.82 bits per heavy atom. The Balaban J connectivity index is 1.86. The molecule has 9 nitrogen and oxygen atoms in total. The number of aromatic nitrogens is 3. The summed E-state index contributed by atoms with van der Waals surface area (Å²) in [6.45, 7) is 10.4. The van der Waals surface area contributed by atoms with Crippen LogP contribution in [0.25, 0.3) is 11.0 Å². The van der Waals surface area contributed by atoms with E-state index < -0.39 is 5.60 Å². The van der Waals surface area contributed by atoms with Gasteiger partial charge in [-0.2, -0.15) is 4.98 Å². The Morgan fingerprint density at radius 1 is 1.03 bits per heavy atom. The largest absolute Gasteiger partial charge is 0.497 e. The number of benzene rings is 1. The smallest absolute Gasteiger partial charge is 0.306 e. The molecule has 0 bridgehead atoms. The van der Waals surface area contributed by atoms with Crippen molar-refractivity contribution in [2.45, 2.75) is 84.4 Å². The number of hydrogen-bond donors (Lipinski definition) is 2. The third kappa shape index (κ3) is 8.19. The maximum Gasteiger partial charge on any atom is 0.306 e. The molecule has 9 heteroatoms. The van der Waals surface area contributed by atoms with Gasteiger partial charge in [0, 0.05) is 36.3 Å². The van der Waals surface area contributed by atoms with Crippen LogP contribution in [0.15, 0.2) is 36.5 Å². The van der Waals surface area contributed by atoms with Gasteiger partial charge in [0.25, 0.3) is 0 Å². The zero-order chi connectivity index (χ0) is 27.8. The van der Waals surface area contributed by atoms with E-state index in [2.05, 4.69) is 34.4 Å². The summed E-state index contributed by atoms with van der Waals surface area (Å²) in [5.41, 5.74) is 1.45. The van der Waals surface area contributed by atoms with Crippen LogP contribution in [0.3, 0.4) is 0 Å². The number of hydrogen-bond acceptors (Lipinski definition) is 9. The van der Waals surface area contributed by atoms with E-state index in [1.807, 2.05) is 51.1 Å². The van der Waals surface area contributed by atoms with Crippen LogP contribution in [0.1, 0.15) is 72.3 Å². The van der Waals surface area contributed by atoms with E-state index in [4.69, 9.17) is 19.2 Å². The number of esters is 1. The van der Waals surface area contributed by atoms with Crippen LogP contribution in [0.5, 0.6) is 11.5 Å². The number of methoxy groups -OCH3 is 2. The fourth-order valence-electron chi connectivity index (χ4n) is 4.18. The van der Waals surface area contributed by atoms with Gasteiger partial charge in [-0.3, -0.25) is 9.78 Å². The van der Waals surface area contributed by atoms with E-state index in [0.717, 1.165) is 36.1 Å². The quantitative estimate of drug-likeness (QED) is 0.256. The molecular formula is C29H41N5O4. The van der Waals surface area contributed by atoms with E-state index in [1.54, 1.807) is 20.4 Å². The second-order valence-corrected chi connectivity index (χ2v) is 10.7. The first-order valence-electron chi connectivity index (χ1n) is 13.1. The van der Waals surface area contributed by atoms with E-state index >= 15 is 0 Å². The van der Waals surface area contributed by atoms with Gasteiger partial charge in [-0.25, -0.2) is 4.98 Å². The van der Waals surface area contributed by atoms with Gasteiger partial charge in [-0.1, -0.05) is 19.8 Å². The van der Waals surface area contributed by atoms with Gasteiger partial charge in [0.2, 0.25) is 5.95 Å². The number of unbranched alkanes of at least 4 members (excludes halogenated alkanes) is 1. The number of carbonyl (C=O) groups excluding carboxylic acids is 1. The van der Waals surface area contributed by atoms with Crippen LogP contribution in [0, 0.1) is 0 Å². The predicted molar refractivity (Wildman–Crippen MR) is 151 cm³/mol. The minimum Gasteiger partial charge on any atom is -0.497 e. The summed E-state index contributed by atoms with van der Waals surface area (Å²) in [7, 11) is 3.26. The van der Waals surface area contributed by atoms with E-state index in [1.165, 1.54) is 0 Å². The van der Waals surface area contributed by atoms with Crippen LogP contribution in [-0.2, 0) is 16.1 Å². The lowest BCUT2D eigenvalue weighted by atomic mass is 9.89. The van der Waals surface area contributed by atoms with Gasteiger partial charge < -0.3 is 24.8 Å². The zero-order valence-corrected chi connectivity index (χ0v) is 23.7. The van der Waals surface area contributed by atoms with Crippen LogP contribution in [-0.4, -0.2) is 46.3 Å². The number of rotatable bonds is 13. The highest BCUT2D eigenvalue weighted by Crippen LogP contribution is 2.30. The van der Waals surface area contributed by atoms with Crippen molar-refractivity contribution in [1.29, 1.82) is 0 Å². The van der Waals surface area contributed by atoms with Gasteiger partial charge in [0.05, 0.1) is 19.7 Å². The Bertz CT molecular complexity index is 1230. The van der Waals surface area contributed by atoms with Crippen molar-refractivity contribution in [3.8, 4) is 11.5 Å². The Hall–Kier alpha value is -3.62. The average Bonchev–Trinajstić information content (AvgIpc) is 2.88. The molecule has 206 valence electrons. The highest BCUT2D eigenvalue weighted by Gasteiger charge is 2.28. The minimum atomic E-state index is -0.510. The van der Waals surface area contributed by atoms with E-state index in [9.17, 15) is 4.79 Å². The maximum atomic E-state index is 12.5. The molecule has 1 aromatic carbocycles. The standard InChI is InChI=1S/C29H41N5O4/c1-8-9-15-29(5,16-14-24(35)38-28(2,3)4)34-26-25-22(11-10-17-30-25)32-27(33-26)31-19-20-12-13-21(36-6)18-23(20)37-7/h10-13,17-18H,8-9,14-16,19H2,1-7H3,(H2,31,32,33,34). The molecule has 2 N–H and O–H groups in total. The molecule has 1 atom stereocenters. The molecule has 38 heavy (non-hydrogen) atoms. The molecule has 0 aliphatic heterocycles. The SMILES string of the molecule is CCCCC(C)(CCC(=O)OC(C)(C)C)Nc1nc(NCc2ccc(OC)cc2OC)nc2cccnc12. The monoisotopic (exact) mass is 523 g/mol. The molecule has 2 aromatic heterocycles. The Kier molecular flexibility index (Phi) is 9.72. The molecule has 1 unspecified atom stereocenters. The van der Waals surface area contributed by atoms with Crippen molar-refractivity contribution >= 4 is 28.8 Å². The summed E-state index contributed by atoms with van der Waals surface area (Å²) in [6.07, 6.45) is 5.57. The van der Waals surface area contributed by atoms with Crippen LogP contribution in [0.4, 0.5) is 11.8 Å². The first-order chi connectivity index (χ1) is 18.1. The number of ether oxygens (including phenoxy) is 3. The molecule has 0 radical (unpaired) electrons. The van der Waals surface area contributed by atoms with Gasteiger partial charge >= 0.3 is 5.97 Å². The van der Waals surface area contributed by atoms with Crippen LogP contribution >= 0.6 is 0 Å². The average molecular weight is 524 g/mol. The topological polar surface area (TPSA) is 107 Å². The van der Waals surface area contributed by atoms with Crippen molar-refractivity contribution in [2.75, 3.05) is 24.9 Å². The highest BCUT2D eigenvalue weighted by atomic mass is 16.6. The molecule has 0 aliphatic carbocycles. The predicted octanol–water partition coefficient (Wildman–Crippen LogP) is 6.14. The number of nitrogens with one attached hydrogen (secondary N) is 2. The summed E-state index contributed by atoms with van der Waals surface area (Å²) in [5, 5.41) is 6.95. The third-order valence-corrected chi connectivity index (χ3v) is 6.19. The van der Waals surface area contributed by atoms with Crippen molar-refractivity contribution in [2.24, 2.45) is 0 Å². The third-order valence-electron chi connectivity index (χ3n) is 6.19. The lowest BCUT2D eigenvalue weighted by Gasteiger charge is -2.32. The van der Waals surface area contributed by atoms with Gasteiger partial charge in [-0.15, -0.1) is 0 Å². The first kappa shape index (κ1) is 28.9. The lowest BCUT2D eigenvalue weighted by molar-refractivity contribution is -0.155. The number of nitrogens with zero attached hydrogens (tertiary/aromatic N) is 3. The second-order valence-electron chi connectivity index (χ2n) is 10.7. The highest BCUT2D eigenvalue weighted by molar-refractivity contribution is 5.86. The molecule has 0 fully saturated rings. The number of pyridine rings is 1. The number of fused-ring (bicyclic) bond motifs is 1. The van der Waals surface area contributed by atoms with E-state index in [0.29, 0.717) is 42.4 Å². The molecule has 3 rings (SSSR count). The van der Waals surface area contributed by atoms with Crippen molar-refractivity contribution in [1.82, 2.24) is 15.0 Å². The summed E-state index contributed by atoms with van der Waals surface area (Å²) in [5.74, 6) is 2.33. The minimum absolute atomic E-state index is 0.205. The molecule has 0 saturated carbocycles. The van der Waals surface area contributed by atoms with Crippen molar-refractivity contribution in [3.63, 3.8) is 0 Å². The maximum absolute atomic E-state index is 12.5. The second kappa shape index (κ2) is 12.8. The summed E-state index contributed by atoms with van der Waals surface area (Å²) < 4.78 is 16.4. The Morgan fingerprint density at radius 3 is 2.50 bits per heavy atom. The molecular weight excluding hydrogens is 482 g/mol. The molecule has 0 amide bonds. The first-order valence-corrected chi connectivity index (χ1v) is 13.1. The lowest BCUT2D eigenvalue weighted by Crippen LogP contribution is -2.37. The van der Waals surface area contributed by atoms with Crippen LogP contribution in [0.2, 0.25) is 0 Å². The Labute approximate surface area is 225 Å². The van der Waals surface area contributed by atoms with E-state index in [-0.39, 0.29) is 11.5 Å². The number of anilines is 2. The summed E-state index contributed by atoms with van der Waals surface area (Å²) in [6, 6.07) is 9.46. The summed E-state index contributed by atoms with van der Waals surface area (Å²) in [4.78, 5) is 26.5. The molecule has 0 saturated heterocycles. The normalized spacial score (nSPS) is 13.0. The molecule has 0 aliphatic rings. The van der Waals surface area contributed by atoms with Crippen molar-refractivity contribution in [3.05, 3.63) is 42.1 Å². The fourth-order valence-corrected chi connectivity index (χ4v) is 4.18. The van der Waals surface area contributed by atoms with Gasteiger partial charge in [0.1, 0.15) is 22.6 Å². The molecule has 0 spiro atoms. The van der Waals surface area contributed by atoms with Gasteiger partial charge in [-0.05, 0) is 64.8 Å². The molecule has 2 heterocycles. The summed E-state index contributed by atoms with van der Waals surface area (Å²) >= 11 is 0. The van der Waals surface area contributed by atoms with Crippen molar-refractivity contribution < 1.29 is 19.0 Å². The molecule has 3 aromatic rings. The van der Waals surface area contributed by atoms with Crippen LogP contribution < -0.4 is 20.1 Å². The number of carbonyl (C=O) groups is 1. The fraction of sp³-hybridized carbons (Fsp3) is 0.517.